The first-order chi connectivity index (χ1) is 7.92. The van der Waals surface area contributed by atoms with Crippen LogP contribution in [-0.4, -0.2) is 12.8 Å². The molecule has 0 radical (unpaired) electrons. The standard InChI is InChI=1S/C11H13F4NO/c12-10-6-9(3-2-8(10)7-16)17-5-1-4-11(13,14)15/h2-3,6H,1,4-5,7,16H2. The van der Waals surface area contributed by atoms with E-state index in [0.717, 1.165) is 6.07 Å². The number of hydrogen-bond acceptors (Lipinski definition) is 2. The van der Waals surface area contributed by atoms with Gasteiger partial charge < -0.3 is 10.5 Å². The van der Waals surface area contributed by atoms with Crippen molar-refractivity contribution in [1.82, 2.24) is 0 Å². The molecule has 0 heterocycles. The second-order valence-corrected chi connectivity index (χ2v) is 3.52. The number of nitrogens with two attached hydrogens (primary N) is 1. The third-order valence-electron chi connectivity index (χ3n) is 2.12. The lowest BCUT2D eigenvalue weighted by atomic mass is 10.2. The van der Waals surface area contributed by atoms with Crippen molar-refractivity contribution in [3.8, 4) is 5.75 Å². The van der Waals surface area contributed by atoms with Crippen LogP contribution < -0.4 is 10.5 Å². The van der Waals surface area contributed by atoms with Gasteiger partial charge in [-0.2, -0.15) is 13.2 Å². The largest absolute Gasteiger partial charge is 0.493 e. The third-order valence-corrected chi connectivity index (χ3v) is 2.12. The van der Waals surface area contributed by atoms with Gasteiger partial charge >= 0.3 is 6.18 Å². The molecule has 0 aromatic heterocycles. The molecule has 0 amide bonds. The van der Waals surface area contributed by atoms with Gasteiger partial charge in [0.1, 0.15) is 11.6 Å². The van der Waals surface area contributed by atoms with Crippen molar-refractivity contribution in [3.05, 3.63) is 29.6 Å². The van der Waals surface area contributed by atoms with Gasteiger partial charge in [-0.15, -0.1) is 0 Å². The lowest BCUT2D eigenvalue weighted by molar-refractivity contribution is -0.136. The third kappa shape index (κ3) is 5.04. The molecule has 2 N–H and O–H groups in total. The summed E-state index contributed by atoms with van der Waals surface area (Å²) in [6.07, 6.45) is -5.24. The summed E-state index contributed by atoms with van der Waals surface area (Å²) < 4.78 is 53.7. The molecule has 1 aromatic rings. The molecule has 0 aliphatic heterocycles. The summed E-state index contributed by atoms with van der Waals surface area (Å²) in [5.41, 5.74) is 5.60. The Balaban J connectivity index is 2.40. The van der Waals surface area contributed by atoms with E-state index in [4.69, 9.17) is 10.5 Å². The Morgan fingerprint density at radius 3 is 2.47 bits per heavy atom. The first-order valence-corrected chi connectivity index (χ1v) is 5.10. The molecule has 0 bridgehead atoms. The maximum Gasteiger partial charge on any atom is 0.389 e. The average molecular weight is 251 g/mol. The molecule has 0 spiro atoms. The zero-order valence-electron chi connectivity index (χ0n) is 9.06. The van der Waals surface area contributed by atoms with Crippen LogP contribution >= 0.6 is 0 Å². The van der Waals surface area contributed by atoms with Crippen molar-refractivity contribution in [2.45, 2.75) is 25.6 Å². The molecule has 0 saturated heterocycles. The minimum absolute atomic E-state index is 0.0696. The SMILES string of the molecule is NCc1ccc(OCCCC(F)(F)F)cc1F. The second kappa shape index (κ2) is 5.86. The van der Waals surface area contributed by atoms with Crippen LogP contribution in [0.4, 0.5) is 17.6 Å². The lowest BCUT2D eigenvalue weighted by Crippen LogP contribution is -2.10. The number of hydrogen-bond donors (Lipinski definition) is 1. The second-order valence-electron chi connectivity index (χ2n) is 3.52. The van der Waals surface area contributed by atoms with Gasteiger partial charge in [-0.25, -0.2) is 4.39 Å². The van der Waals surface area contributed by atoms with Crippen LogP contribution in [0.5, 0.6) is 5.75 Å². The Morgan fingerprint density at radius 2 is 1.94 bits per heavy atom. The van der Waals surface area contributed by atoms with E-state index in [-0.39, 0.29) is 25.3 Å². The number of alkyl halides is 3. The number of ether oxygens (including phenoxy) is 1. The first-order valence-electron chi connectivity index (χ1n) is 5.10. The zero-order valence-corrected chi connectivity index (χ0v) is 9.06. The topological polar surface area (TPSA) is 35.2 Å². The van der Waals surface area contributed by atoms with E-state index in [1.54, 1.807) is 0 Å². The fraction of sp³-hybridized carbons (Fsp3) is 0.455. The van der Waals surface area contributed by atoms with Gasteiger partial charge in [0.15, 0.2) is 0 Å². The molecule has 0 aliphatic rings. The van der Waals surface area contributed by atoms with Crippen LogP contribution in [0.3, 0.4) is 0 Å². The summed E-state index contributed by atoms with van der Waals surface area (Å²) in [7, 11) is 0. The highest BCUT2D eigenvalue weighted by Crippen LogP contribution is 2.22. The molecular formula is C11H13F4NO. The van der Waals surface area contributed by atoms with E-state index in [1.165, 1.54) is 12.1 Å². The van der Waals surface area contributed by atoms with Crippen LogP contribution in [0.2, 0.25) is 0 Å². The summed E-state index contributed by atoms with van der Waals surface area (Å²) in [6, 6.07) is 4.06. The summed E-state index contributed by atoms with van der Waals surface area (Å²) in [6.45, 7) is -0.0267. The Bertz CT molecular complexity index is 365. The Labute approximate surface area is 96.4 Å². The van der Waals surface area contributed by atoms with Crippen LogP contribution in [-0.2, 0) is 6.54 Å². The normalized spacial score (nSPS) is 11.6. The van der Waals surface area contributed by atoms with Crippen LogP contribution in [0.1, 0.15) is 18.4 Å². The Morgan fingerprint density at radius 1 is 1.24 bits per heavy atom. The van der Waals surface area contributed by atoms with Gasteiger partial charge in [-0.05, 0) is 12.5 Å². The van der Waals surface area contributed by atoms with Gasteiger partial charge in [0.25, 0.3) is 0 Å². The predicted octanol–water partition coefficient (Wildman–Crippen LogP) is 3.01. The monoisotopic (exact) mass is 251 g/mol. The van der Waals surface area contributed by atoms with Gasteiger partial charge in [-0.3, -0.25) is 0 Å². The van der Waals surface area contributed by atoms with Crippen molar-refractivity contribution < 1.29 is 22.3 Å². The molecule has 17 heavy (non-hydrogen) atoms. The summed E-state index contributed by atoms with van der Waals surface area (Å²) >= 11 is 0. The van der Waals surface area contributed by atoms with Crippen LogP contribution in [0.25, 0.3) is 0 Å². The Hall–Kier alpha value is -1.30. The van der Waals surface area contributed by atoms with Gasteiger partial charge in [0.2, 0.25) is 0 Å². The van der Waals surface area contributed by atoms with Crippen LogP contribution in [0, 0.1) is 5.82 Å². The van der Waals surface area contributed by atoms with E-state index in [1.807, 2.05) is 0 Å². The number of benzene rings is 1. The first kappa shape index (κ1) is 13.8. The highest BCUT2D eigenvalue weighted by atomic mass is 19.4. The highest BCUT2D eigenvalue weighted by Gasteiger charge is 2.26. The molecule has 6 heteroatoms. The van der Waals surface area contributed by atoms with E-state index in [2.05, 4.69) is 0 Å². The maximum atomic E-state index is 13.2. The number of halogens is 4. The van der Waals surface area contributed by atoms with Crippen molar-refractivity contribution in [3.63, 3.8) is 0 Å². The summed E-state index contributed by atoms with van der Waals surface area (Å²) in [4.78, 5) is 0. The molecule has 96 valence electrons. The molecule has 0 unspecified atom stereocenters. The minimum Gasteiger partial charge on any atom is -0.493 e. The molecule has 1 rings (SSSR count). The molecular weight excluding hydrogens is 238 g/mol. The van der Waals surface area contributed by atoms with Crippen LogP contribution in [0.15, 0.2) is 18.2 Å². The fourth-order valence-electron chi connectivity index (χ4n) is 1.25. The van der Waals surface area contributed by atoms with Gasteiger partial charge in [0, 0.05) is 24.6 Å². The van der Waals surface area contributed by atoms with E-state index < -0.39 is 18.4 Å². The summed E-state index contributed by atoms with van der Waals surface area (Å²) in [5, 5.41) is 0. The maximum absolute atomic E-state index is 13.2. The quantitative estimate of drug-likeness (QED) is 0.645. The van der Waals surface area contributed by atoms with Crippen molar-refractivity contribution in [2.24, 2.45) is 5.73 Å². The fourth-order valence-corrected chi connectivity index (χ4v) is 1.25. The van der Waals surface area contributed by atoms with Crippen molar-refractivity contribution >= 4 is 0 Å². The average Bonchev–Trinajstić information content (AvgIpc) is 2.23. The highest BCUT2D eigenvalue weighted by molar-refractivity contribution is 5.28. The van der Waals surface area contributed by atoms with Gasteiger partial charge in [-0.1, -0.05) is 6.07 Å². The minimum atomic E-state index is -4.18. The Kier molecular flexibility index (Phi) is 4.74. The molecule has 0 aliphatic carbocycles. The molecule has 0 atom stereocenters. The van der Waals surface area contributed by atoms with E-state index >= 15 is 0 Å². The predicted molar refractivity (Wildman–Crippen MR) is 55.1 cm³/mol. The van der Waals surface area contributed by atoms with Gasteiger partial charge in [0.05, 0.1) is 6.61 Å². The zero-order chi connectivity index (χ0) is 12.9. The molecule has 0 fully saturated rings. The molecule has 2 nitrogen and oxygen atoms in total. The smallest absolute Gasteiger partial charge is 0.389 e. The molecule has 0 saturated carbocycles. The van der Waals surface area contributed by atoms with E-state index in [0.29, 0.717) is 5.56 Å². The summed E-state index contributed by atoms with van der Waals surface area (Å²) in [5.74, 6) is -0.303. The molecule has 1 aromatic carbocycles. The van der Waals surface area contributed by atoms with Crippen molar-refractivity contribution in [2.75, 3.05) is 6.61 Å². The van der Waals surface area contributed by atoms with E-state index in [9.17, 15) is 17.6 Å². The number of rotatable bonds is 5. The lowest BCUT2D eigenvalue weighted by Gasteiger charge is -2.09. The van der Waals surface area contributed by atoms with Crippen molar-refractivity contribution in [1.29, 1.82) is 0 Å².